The molecule has 0 spiro atoms. The third kappa shape index (κ3) is 2.47. The summed E-state index contributed by atoms with van der Waals surface area (Å²) in [5.74, 6) is 0.782. The van der Waals surface area contributed by atoms with Crippen molar-refractivity contribution >= 4 is 0 Å². The van der Waals surface area contributed by atoms with Crippen molar-refractivity contribution in [2.75, 3.05) is 7.11 Å². The molecule has 0 unspecified atom stereocenters. The van der Waals surface area contributed by atoms with Gasteiger partial charge in [0.2, 0.25) is 0 Å². The van der Waals surface area contributed by atoms with Crippen LogP contribution in [0.1, 0.15) is 11.1 Å². The highest BCUT2D eigenvalue weighted by atomic mass is 16.5. The largest absolute Gasteiger partial charge is 0.507 e. The van der Waals surface area contributed by atoms with Crippen molar-refractivity contribution in [3.8, 4) is 11.5 Å². The molecule has 1 aromatic heterocycles. The van der Waals surface area contributed by atoms with Gasteiger partial charge >= 0.3 is 0 Å². The molecule has 17 heavy (non-hydrogen) atoms. The summed E-state index contributed by atoms with van der Waals surface area (Å²) in [7, 11) is 1.60. The van der Waals surface area contributed by atoms with Crippen LogP contribution < -0.4 is 10.3 Å². The molecule has 2 aromatic rings. The van der Waals surface area contributed by atoms with Crippen molar-refractivity contribution in [3.63, 3.8) is 0 Å². The lowest BCUT2D eigenvalue weighted by molar-refractivity contribution is 0.414. The minimum Gasteiger partial charge on any atom is -0.507 e. The van der Waals surface area contributed by atoms with Crippen molar-refractivity contribution in [1.82, 2.24) is 4.98 Å². The Morgan fingerprint density at radius 2 is 1.94 bits per heavy atom. The van der Waals surface area contributed by atoms with Crippen LogP contribution in [0, 0.1) is 0 Å². The van der Waals surface area contributed by atoms with E-state index in [-0.39, 0.29) is 11.3 Å². The molecule has 2 rings (SSSR count). The van der Waals surface area contributed by atoms with Crippen molar-refractivity contribution in [2.45, 2.75) is 6.42 Å². The molecule has 0 bridgehead atoms. The van der Waals surface area contributed by atoms with Gasteiger partial charge in [0.25, 0.3) is 5.56 Å². The second kappa shape index (κ2) is 4.74. The van der Waals surface area contributed by atoms with Gasteiger partial charge in [0.05, 0.1) is 12.7 Å². The summed E-state index contributed by atoms with van der Waals surface area (Å²) in [6.45, 7) is 0. The minimum atomic E-state index is -0.263. The molecule has 0 atom stereocenters. The maximum Gasteiger partial charge on any atom is 0.255 e. The van der Waals surface area contributed by atoms with Gasteiger partial charge < -0.3 is 14.8 Å². The van der Waals surface area contributed by atoms with Crippen LogP contribution in [0.15, 0.2) is 41.3 Å². The Balaban J connectivity index is 2.28. The van der Waals surface area contributed by atoms with E-state index in [1.54, 1.807) is 7.11 Å². The lowest BCUT2D eigenvalue weighted by Crippen LogP contribution is -2.11. The highest BCUT2D eigenvalue weighted by molar-refractivity contribution is 5.36. The van der Waals surface area contributed by atoms with E-state index in [9.17, 15) is 9.90 Å². The number of aromatic nitrogens is 1. The molecule has 0 radical (unpaired) electrons. The number of aromatic hydroxyl groups is 1. The number of ether oxygens (including phenoxy) is 1. The van der Waals surface area contributed by atoms with Gasteiger partial charge in [-0.3, -0.25) is 4.79 Å². The predicted molar refractivity (Wildman–Crippen MR) is 64.5 cm³/mol. The second-order valence-electron chi connectivity index (χ2n) is 3.70. The number of rotatable bonds is 3. The molecule has 1 aromatic carbocycles. The zero-order chi connectivity index (χ0) is 12.3. The van der Waals surface area contributed by atoms with Crippen molar-refractivity contribution in [1.29, 1.82) is 0 Å². The van der Waals surface area contributed by atoms with E-state index in [1.807, 2.05) is 24.3 Å². The monoisotopic (exact) mass is 231 g/mol. The van der Waals surface area contributed by atoms with Crippen LogP contribution >= 0.6 is 0 Å². The Morgan fingerprint density at radius 1 is 1.24 bits per heavy atom. The van der Waals surface area contributed by atoms with Crippen LogP contribution in [0.4, 0.5) is 0 Å². The van der Waals surface area contributed by atoms with E-state index < -0.39 is 0 Å². The van der Waals surface area contributed by atoms with Gasteiger partial charge in [-0.2, -0.15) is 0 Å². The molecule has 88 valence electrons. The molecule has 0 aliphatic heterocycles. The van der Waals surface area contributed by atoms with Crippen molar-refractivity contribution in [3.05, 3.63) is 58.0 Å². The van der Waals surface area contributed by atoms with Gasteiger partial charge in [0.1, 0.15) is 11.5 Å². The van der Waals surface area contributed by atoms with Gasteiger partial charge in [0.15, 0.2) is 0 Å². The topological polar surface area (TPSA) is 62.3 Å². The first kappa shape index (κ1) is 11.3. The standard InChI is InChI=1S/C13H13NO3/c1-17-10-4-2-9(3-5-10)8-11-12(15)6-7-14-13(11)16/h2-7H,8H2,1H3,(H2,14,15,16). The fourth-order valence-corrected chi connectivity index (χ4v) is 1.62. The maximum absolute atomic E-state index is 11.5. The van der Waals surface area contributed by atoms with Crippen LogP contribution in [0.2, 0.25) is 0 Å². The third-order valence-corrected chi connectivity index (χ3v) is 2.58. The Labute approximate surface area is 98.5 Å². The number of methoxy groups -OCH3 is 1. The first-order valence-electron chi connectivity index (χ1n) is 5.23. The maximum atomic E-state index is 11.5. The fraction of sp³-hybridized carbons (Fsp3) is 0.154. The molecule has 0 saturated heterocycles. The van der Waals surface area contributed by atoms with E-state index >= 15 is 0 Å². The number of hydrogen-bond acceptors (Lipinski definition) is 3. The summed E-state index contributed by atoms with van der Waals surface area (Å²) >= 11 is 0. The number of benzene rings is 1. The van der Waals surface area contributed by atoms with Gasteiger partial charge in [-0.1, -0.05) is 12.1 Å². The smallest absolute Gasteiger partial charge is 0.255 e. The first-order valence-corrected chi connectivity index (χ1v) is 5.23. The summed E-state index contributed by atoms with van der Waals surface area (Å²) in [6.07, 6.45) is 1.82. The van der Waals surface area contributed by atoms with E-state index in [1.165, 1.54) is 12.3 Å². The molecule has 4 nitrogen and oxygen atoms in total. The van der Waals surface area contributed by atoms with Gasteiger partial charge in [0, 0.05) is 12.6 Å². The molecule has 0 saturated carbocycles. The Hall–Kier alpha value is -2.23. The fourth-order valence-electron chi connectivity index (χ4n) is 1.62. The number of nitrogens with one attached hydrogen (secondary N) is 1. The number of aromatic amines is 1. The second-order valence-corrected chi connectivity index (χ2v) is 3.70. The minimum absolute atomic E-state index is 0.0181. The van der Waals surface area contributed by atoms with Crippen LogP contribution in [0.3, 0.4) is 0 Å². The third-order valence-electron chi connectivity index (χ3n) is 2.58. The summed E-state index contributed by atoms with van der Waals surface area (Å²) in [5.41, 5.74) is 1.05. The summed E-state index contributed by atoms with van der Waals surface area (Å²) in [5, 5.41) is 9.61. The van der Waals surface area contributed by atoms with Crippen LogP contribution in [0.5, 0.6) is 11.5 Å². The lowest BCUT2D eigenvalue weighted by Gasteiger charge is -2.04. The number of H-pyrrole nitrogens is 1. The number of pyridine rings is 1. The highest BCUT2D eigenvalue weighted by Gasteiger charge is 2.06. The Bertz CT molecular complexity index is 558. The average molecular weight is 231 g/mol. The molecular weight excluding hydrogens is 218 g/mol. The van der Waals surface area contributed by atoms with E-state index in [4.69, 9.17) is 4.74 Å². The van der Waals surface area contributed by atoms with Gasteiger partial charge in [-0.15, -0.1) is 0 Å². The SMILES string of the molecule is COc1ccc(Cc2c(O)cc[nH]c2=O)cc1. The molecular formula is C13H13NO3. The van der Waals surface area contributed by atoms with Crippen LogP contribution in [0.25, 0.3) is 0 Å². The van der Waals surface area contributed by atoms with Crippen molar-refractivity contribution < 1.29 is 9.84 Å². The molecule has 0 fully saturated rings. The zero-order valence-electron chi connectivity index (χ0n) is 9.43. The van der Waals surface area contributed by atoms with Gasteiger partial charge in [-0.25, -0.2) is 0 Å². The predicted octanol–water partition coefficient (Wildman–Crippen LogP) is 1.68. The summed E-state index contributed by atoms with van der Waals surface area (Å²) in [4.78, 5) is 14.1. The van der Waals surface area contributed by atoms with Crippen LogP contribution in [-0.2, 0) is 6.42 Å². The lowest BCUT2D eigenvalue weighted by atomic mass is 10.1. The Morgan fingerprint density at radius 3 is 2.53 bits per heavy atom. The molecule has 2 N–H and O–H groups in total. The summed E-state index contributed by atoms with van der Waals surface area (Å²) in [6, 6.07) is 8.85. The van der Waals surface area contributed by atoms with Crippen LogP contribution in [-0.4, -0.2) is 17.2 Å². The Kier molecular flexibility index (Phi) is 3.14. The number of hydrogen-bond donors (Lipinski definition) is 2. The zero-order valence-corrected chi connectivity index (χ0v) is 9.43. The normalized spacial score (nSPS) is 10.2. The van der Waals surface area contributed by atoms with E-state index in [0.717, 1.165) is 11.3 Å². The van der Waals surface area contributed by atoms with Crippen molar-refractivity contribution in [2.24, 2.45) is 0 Å². The van der Waals surface area contributed by atoms with Gasteiger partial charge in [-0.05, 0) is 23.8 Å². The van der Waals surface area contributed by atoms with E-state index in [0.29, 0.717) is 12.0 Å². The van der Waals surface area contributed by atoms with E-state index in [2.05, 4.69) is 4.98 Å². The molecule has 0 aliphatic rings. The molecule has 4 heteroatoms. The average Bonchev–Trinajstić information content (AvgIpc) is 2.35. The molecule has 0 amide bonds. The highest BCUT2D eigenvalue weighted by Crippen LogP contribution is 2.17. The first-order chi connectivity index (χ1) is 8.20. The molecule has 0 aliphatic carbocycles. The summed E-state index contributed by atoms with van der Waals surface area (Å²) < 4.78 is 5.05. The quantitative estimate of drug-likeness (QED) is 0.844. The molecule has 1 heterocycles.